The van der Waals surface area contributed by atoms with Crippen LogP contribution in [0.5, 0.6) is 0 Å². The highest BCUT2D eigenvalue weighted by atomic mass is 16.5. The maximum atomic E-state index is 12.2. The Balaban J connectivity index is 1.29. The van der Waals surface area contributed by atoms with E-state index in [1.807, 2.05) is 30.3 Å². The lowest BCUT2D eigenvalue weighted by Crippen LogP contribution is -2.50. The third-order valence-corrected chi connectivity index (χ3v) is 6.20. The van der Waals surface area contributed by atoms with Crippen molar-refractivity contribution >= 4 is 11.9 Å². The van der Waals surface area contributed by atoms with Crippen LogP contribution in [0, 0.1) is 0 Å². The summed E-state index contributed by atoms with van der Waals surface area (Å²) in [5.74, 6) is 0.898. The average molecular weight is 450 g/mol. The molecule has 2 aromatic rings. The number of fused-ring (bicyclic) bond motifs is 1. The molecule has 2 atom stereocenters. The summed E-state index contributed by atoms with van der Waals surface area (Å²) in [6, 6.07) is 20.3. The molecule has 2 N–H and O–H groups in total. The van der Waals surface area contributed by atoms with Crippen LogP contribution in [-0.4, -0.2) is 79.7 Å². The van der Waals surface area contributed by atoms with Crippen molar-refractivity contribution < 1.29 is 9.53 Å². The molecule has 0 radical (unpaired) electrons. The zero-order chi connectivity index (χ0) is 22.9. The molecule has 7 heteroatoms. The summed E-state index contributed by atoms with van der Waals surface area (Å²) < 4.78 is 6.13. The van der Waals surface area contributed by atoms with Crippen molar-refractivity contribution in [1.29, 1.82) is 0 Å². The molecule has 0 bridgehead atoms. The summed E-state index contributed by atoms with van der Waals surface area (Å²) in [5.41, 5.74) is 2.03. The minimum Gasteiger partial charge on any atom is -0.373 e. The number of ether oxygens (including phenoxy) is 1. The van der Waals surface area contributed by atoms with Gasteiger partial charge in [-0.2, -0.15) is 0 Å². The van der Waals surface area contributed by atoms with Crippen LogP contribution in [0.1, 0.15) is 29.3 Å². The molecule has 2 heterocycles. The number of nitrogens with zero attached hydrogens (tertiary/aromatic N) is 3. The van der Waals surface area contributed by atoms with E-state index >= 15 is 0 Å². The number of morpholine rings is 1. The smallest absolute Gasteiger partial charge is 0.251 e. The molecule has 1 amide bonds. The number of aliphatic imine (C=N–C) groups is 1. The SMILES string of the molecule is CCNC(=NCCCNC(=O)c1ccccc1)N1CC2OCCN(Cc3ccccc3)C2C1. The first-order chi connectivity index (χ1) is 16.2. The molecule has 2 saturated heterocycles. The minimum absolute atomic E-state index is 0.0363. The van der Waals surface area contributed by atoms with Crippen molar-refractivity contribution in [1.82, 2.24) is 20.4 Å². The number of likely N-dealkylation sites (tertiary alicyclic amines) is 1. The second kappa shape index (κ2) is 11.8. The van der Waals surface area contributed by atoms with Gasteiger partial charge in [0.2, 0.25) is 0 Å². The number of carbonyl (C=O) groups excluding carboxylic acids is 1. The molecular formula is C26H35N5O2. The zero-order valence-electron chi connectivity index (χ0n) is 19.5. The molecule has 0 aromatic heterocycles. The van der Waals surface area contributed by atoms with E-state index in [0.29, 0.717) is 24.7 Å². The Morgan fingerprint density at radius 3 is 2.58 bits per heavy atom. The fourth-order valence-corrected chi connectivity index (χ4v) is 4.53. The maximum absolute atomic E-state index is 12.2. The number of nitrogens with one attached hydrogen (secondary N) is 2. The monoisotopic (exact) mass is 449 g/mol. The molecule has 0 spiro atoms. The van der Waals surface area contributed by atoms with E-state index in [1.54, 1.807) is 0 Å². The fourth-order valence-electron chi connectivity index (χ4n) is 4.53. The van der Waals surface area contributed by atoms with E-state index in [-0.39, 0.29) is 12.0 Å². The molecule has 2 aliphatic rings. The summed E-state index contributed by atoms with van der Waals surface area (Å²) in [7, 11) is 0. The lowest BCUT2D eigenvalue weighted by Gasteiger charge is -2.36. The standard InChI is InChI=1S/C26H35N5O2/c1-2-27-26(29-15-9-14-28-25(32)22-12-7-4-8-13-22)31-19-23-24(20-31)33-17-16-30(23)18-21-10-5-3-6-11-21/h3-8,10-13,23-24H,2,9,14-20H2,1H3,(H,27,29)(H,28,32). The third-order valence-electron chi connectivity index (χ3n) is 6.20. The largest absolute Gasteiger partial charge is 0.373 e. The van der Waals surface area contributed by atoms with Gasteiger partial charge in [0, 0.05) is 51.4 Å². The fraction of sp³-hybridized carbons (Fsp3) is 0.462. The van der Waals surface area contributed by atoms with Gasteiger partial charge in [0.1, 0.15) is 0 Å². The summed E-state index contributed by atoms with van der Waals surface area (Å²) in [6.07, 6.45) is 1.00. The van der Waals surface area contributed by atoms with E-state index in [0.717, 1.165) is 51.7 Å². The van der Waals surface area contributed by atoms with Gasteiger partial charge in [0.25, 0.3) is 5.91 Å². The first kappa shape index (κ1) is 23.3. The van der Waals surface area contributed by atoms with Crippen molar-refractivity contribution in [2.24, 2.45) is 4.99 Å². The zero-order valence-corrected chi connectivity index (χ0v) is 19.5. The topological polar surface area (TPSA) is 69.2 Å². The Kier molecular flexibility index (Phi) is 8.33. The van der Waals surface area contributed by atoms with Gasteiger partial charge in [-0.3, -0.25) is 14.7 Å². The molecule has 0 saturated carbocycles. The summed E-state index contributed by atoms with van der Waals surface area (Å²) in [6.45, 7) is 8.64. The van der Waals surface area contributed by atoms with Crippen LogP contribution in [0.25, 0.3) is 0 Å². The Labute approximate surface area is 196 Å². The van der Waals surface area contributed by atoms with Crippen LogP contribution in [0.4, 0.5) is 0 Å². The molecule has 2 aliphatic heterocycles. The van der Waals surface area contributed by atoms with Gasteiger partial charge in [-0.15, -0.1) is 0 Å². The summed E-state index contributed by atoms with van der Waals surface area (Å²) in [4.78, 5) is 21.9. The van der Waals surface area contributed by atoms with Crippen LogP contribution in [0.2, 0.25) is 0 Å². The maximum Gasteiger partial charge on any atom is 0.251 e. The second-order valence-electron chi connectivity index (χ2n) is 8.55. The molecule has 2 aromatic carbocycles. The van der Waals surface area contributed by atoms with Gasteiger partial charge < -0.3 is 20.3 Å². The first-order valence-corrected chi connectivity index (χ1v) is 12.0. The number of hydrogen-bond donors (Lipinski definition) is 2. The number of rotatable bonds is 8. The van der Waals surface area contributed by atoms with Crippen molar-refractivity contribution in [3.8, 4) is 0 Å². The molecule has 7 nitrogen and oxygen atoms in total. The highest BCUT2D eigenvalue weighted by molar-refractivity contribution is 5.94. The Hall–Kier alpha value is -2.90. The minimum atomic E-state index is -0.0363. The van der Waals surface area contributed by atoms with E-state index < -0.39 is 0 Å². The van der Waals surface area contributed by atoms with Gasteiger partial charge in [0.15, 0.2) is 5.96 Å². The molecule has 176 valence electrons. The van der Waals surface area contributed by atoms with Crippen molar-refractivity contribution in [2.75, 3.05) is 45.9 Å². The van der Waals surface area contributed by atoms with Gasteiger partial charge >= 0.3 is 0 Å². The number of benzene rings is 2. The van der Waals surface area contributed by atoms with Crippen molar-refractivity contribution in [2.45, 2.75) is 32.0 Å². The second-order valence-corrected chi connectivity index (χ2v) is 8.55. The predicted octanol–water partition coefficient (Wildman–Crippen LogP) is 2.36. The van der Waals surface area contributed by atoms with Crippen molar-refractivity contribution in [3.63, 3.8) is 0 Å². The van der Waals surface area contributed by atoms with Gasteiger partial charge in [0.05, 0.1) is 18.8 Å². The lowest BCUT2D eigenvalue weighted by molar-refractivity contribution is -0.0502. The number of amides is 1. The van der Waals surface area contributed by atoms with Crippen LogP contribution >= 0.6 is 0 Å². The van der Waals surface area contributed by atoms with Gasteiger partial charge in [-0.25, -0.2) is 0 Å². The summed E-state index contributed by atoms with van der Waals surface area (Å²) in [5, 5.41) is 6.41. The van der Waals surface area contributed by atoms with Crippen molar-refractivity contribution in [3.05, 3.63) is 71.8 Å². The first-order valence-electron chi connectivity index (χ1n) is 12.0. The van der Waals surface area contributed by atoms with E-state index in [4.69, 9.17) is 9.73 Å². The predicted molar refractivity (Wildman–Crippen MR) is 131 cm³/mol. The molecule has 4 rings (SSSR count). The highest BCUT2D eigenvalue weighted by Crippen LogP contribution is 2.24. The number of guanidine groups is 1. The number of hydrogen-bond acceptors (Lipinski definition) is 4. The quantitative estimate of drug-likeness (QED) is 0.368. The van der Waals surface area contributed by atoms with E-state index in [9.17, 15) is 4.79 Å². The Morgan fingerprint density at radius 1 is 1.06 bits per heavy atom. The van der Waals surface area contributed by atoms with Crippen LogP contribution in [0.3, 0.4) is 0 Å². The van der Waals surface area contributed by atoms with Crippen LogP contribution < -0.4 is 10.6 Å². The van der Waals surface area contributed by atoms with E-state index in [1.165, 1.54) is 5.56 Å². The number of carbonyl (C=O) groups is 1. The van der Waals surface area contributed by atoms with Crippen LogP contribution in [0.15, 0.2) is 65.7 Å². The molecule has 33 heavy (non-hydrogen) atoms. The lowest BCUT2D eigenvalue weighted by atomic mass is 10.1. The Morgan fingerprint density at radius 2 is 1.82 bits per heavy atom. The molecule has 2 unspecified atom stereocenters. The normalized spacial score (nSPS) is 21.0. The highest BCUT2D eigenvalue weighted by Gasteiger charge is 2.41. The molecular weight excluding hydrogens is 414 g/mol. The van der Waals surface area contributed by atoms with Gasteiger partial charge in [-0.1, -0.05) is 48.5 Å². The Bertz CT molecular complexity index is 905. The van der Waals surface area contributed by atoms with E-state index in [2.05, 4.69) is 57.7 Å². The molecule has 0 aliphatic carbocycles. The van der Waals surface area contributed by atoms with Gasteiger partial charge in [-0.05, 0) is 31.0 Å². The van der Waals surface area contributed by atoms with Crippen LogP contribution in [-0.2, 0) is 11.3 Å². The molecule has 2 fully saturated rings. The summed E-state index contributed by atoms with van der Waals surface area (Å²) >= 11 is 0. The third kappa shape index (κ3) is 6.33. The average Bonchev–Trinajstić information content (AvgIpc) is 3.29.